The lowest BCUT2D eigenvalue weighted by Crippen LogP contribution is -2.49. The number of nitrogen functional groups attached to an aromatic ring is 1. The van der Waals surface area contributed by atoms with E-state index < -0.39 is 21.9 Å². The normalized spacial score (nSPS) is 30.0. The molecule has 2 aromatic carbocycles. The number of aryl methyl sites for hydroxylation is 2. The van der Waals surface area contributed by atoms with Crippen LogP contribution in [0.25, 0.3) is 11.0 Å². The summed E-state index contributed by atoms with van der Waals surface area (Å²) in [6, 6.07) is 11.5. The first-order valence-electron chi connectivity index (χ1n) is 17.7. The minimum Gasteiger partial charge on any atom is -0.490 e. The van der Waals surface area contributed by atoms with Crippen LogP contribution in [0.2, 0.25) is 5.02 Å². The second kappa shape index (κ2) is 13.1. The molecular formula is C37H43ClN8O4S. The van der Waals surface area contributed by atoms with Crippen molar-refractivity contribution in [3.63, 3.8) is 0 Å². The van der Waals surface area contributed by atoms with Gasteiger partial charge in [-0.1, -0.05) is 36.7 Å². The van der Waals surface area contributed by atoms with Crippen LogP contribution in [-0.2, 0) is 28.8 Å². The molecule has 1 amide bonds. The third-order valence-corrected chi connectivity index (χ3v) is 13.3. The van der Waals surface area contributed by atoms with Crippen LogP contribution in [0.5, 0.6) is 5.75 Å². The second-order valence-electron chi connectivity index (χ2n) is 14.8. The van der Waals surface area contributed by atoms with Crippen LogP contribution in [0.15, 0.2) is 59.1 Å². The van der Waals surface area contributed by atoms with Crippen molar-refractivity contribution in [3.8, 4) is 5.75 Å². The van der Waals surface area contributed by atoms with Crippen LogP contribution in [0.4, 0.5) is 17.5 Å². The number of nitrogens with two attached hydrogens (primary N) is 1. The summed E-state index contributed by atoms with van der Waals surface area (Å²) in [5.41, 5.74) is 9.67. The van der Waals surface area contributed by atoms with Crippen molar-refractivity contribution in [3.05, 3.63) is 76.5 Å². The molecule has 6 atom stereocenters. The number of hydrogen-bond donors (Lipinski definition) is 3. The molecule has 2 aromatic heterocycles. The summed E-state index contributed by atoms with van der Waals surface area (Å²) >= 11 is 6.45. The number of amides is 1. The van der Waals surface area contributed by atoms with Crippen molar-refractivity contribution in [2.24, 2.45) is 29.2 Å². The number of nitrogens with one attached hydrogen (secondary N) is 1. The molecule has 51 heavy (non-hydrogen) atoms. The van der Waals surface area contributed by atoms with E-state index in [9.17, 15) is 14.1 Å². The van der Waals surface area contributed by atoms with Gasteiger partial charge in [-0.25, -0.2) is 4.21 Å². The van der Waals surface area contributed by atoms with Gasteiger partial charge >= 0.3 is 0 Å². The number of halogens is 1. The molecule has 0 unspecified atom stereocenters. The maximum Gasteiger partial charge on any atom is 0.286 e. The Morgan fingerprint density at radius 1 is 1.18 bits per heavy atom. The highest BCUT2D eigenvalue weighted by Gasteiger charge is 2.44. The summed E-state index contributed by atoms with van der Waals surface area (Å²) in [7, 11) is -1.71. The molecule has 1 fully saturated rings. The smallest absolute Gasteiger partial charge is 0.286 e. The average Bonchev–Trinajstić information content (AvgIpc) is 3.37. The summed E-state index contributed by atoms with van der Waals surface area (Å²) in [5.74, 6) is 0.494. The highest BCUT2D eigenvalue weighted by molar-refractivity contribution is 7.95. The van der Waals surface area contributed by atoms with Crippen LogP contribution < -0.4 is 20.1 Å². The lowest BCUT2D eigenvalue weighted by molar-refractivity contribution is 0.0456. The predicted molar refractivity (Wildman–Crippen MR) is 199 cm³/mol. The van der Waals surface area contributed by atoms with Crippen LogP contribution in [-0.4, -0.2) is 66.5 Å². The minimum absolute atomic E-state index is 0.0437. The van der Waals surface area contributed by atoms with Crippen molar-refractivity contribution < 1.29 is 18.8 Å². The maximum absolute atomic E-state index is 14.8. The zero-order valence-electron chi connectivity index (χ0n) is 28.8. The highest BCUT2D eigenvalue weighted by Crippen LogP contribution is 2.47. The van der Waals surface area contributed by atoms with E-state index >= 15 is 0 Å². The number of fused-ring (bicyclic) bond motifs is 5. The SMILES string of the molecule is C[C@H]1C/C=C/[C@H](O)[C@@H]2CC[C@H]2CN2C[C@@]3(CCCc4cc(Cl)ccc43)COc3ccc(cc32)C(=O)N=[S@](=O)(Nc2nc(N)nc3nn(C)cc23)C1. The number of nitrogens with zero attached hydrogens (tertiary/aromatic N) is 6. The van der Waals surface area contributed by atoms with Gasteiger partial charge in [0, 0.05) is 42.3 Å². The molecule has 1 spiro atoms. The molecule has 0 radical (unpaired) electrons. The molecular weight excluding hydrogens is 688 g/mol. The summed E-state index contributed by atoms with van der Waals surface area (Å²) in [6.45, 7) is 3.83. The fourth-order valence-electron chi connectivity index (χ4n) is 8.40. The molecule has 12 nitrogen and oxygen atoms in total. The molecule has 4 heterocycles. The van der Waals surface area contributed by atoms with Crippen molar-refractivity contribution in [1.29, 1.82) is 0 Å². The number of carbonyl (C=O) groups is 1. The number of aliphatic hydroxyl groups is 1. The fraction of sp³-hybridized carbons (Fsp3) is 0.459. The van der Waals surface area contributed by atoms with E-state index in [4.69, 9.17) is 22.1 Å². The van der Waals surface area contributed by atoms with E-state index in [1.165, 1.54) is 11.1 Å². The van der Waals surface area contributed by atoms with Gasteiger partial charge in [-0.2, -0.15) is 15.1 Å². The third kappa shape index (κ3) is 6.55. The number of allylic oxidation sites excluding steroid dienone is 1. The summed E-state index contributed by atoms with van der Waals surface area (Å²) in [4.78, 5) is 25.0. The summed E-state index contributed by atoms with van der Waals surface area (Å²) in [6.07, 6.45) is 10.4. The Kier molecular flexibility index (Phi) is 8.71. The van der Waals surface area contributed by atoms with Gasteiger partial charge in [-0.3, -0.25) is 14.2 Å². The second-order valence-corrected chi connectivity index (χ2v) is 17.3. The number of ether oxygens (including phenoxy) is 1. The van der Waals surface area contributed by atoms with E-state index in [0.717, 1.165) is 42.8 Å². The Balaban J connectivity index is 1.22. The Hall–Kier alpha value is -4.20. The van der Waals surface area contributed by atoms with Crippen LogP contribution in [0.3, 0.4) is 0 Å². The molecule has 268 valence electrons. The lowest BCUT2D eigenvalue weighted by atomic mass is 9.68. The Bertz CT molecular complexity index is 2180. The Morgan fingerprint density at radius 3 is 2.86 bits per heavy atom. The number of anilines is 3. The number of aromatic nitrogens is 4. The van der Waals surface area contributed by atoms with Gasteiger partial charge in [0.05, 0.1) is 29.5 Å². The van der Waals surface area contributed by atoms with Crippen molar-refractivity contribution in [1.82, 2.24) is 19.7 Å². The van der Waals surface area contributed by atoms with Gasteiger partial charge in [0.15, 0.2) is 11.5 Å². The largest absolute Gasteiger partial charge is 0.490 e. The number of carbonyl (C=O) groups excluding carboxylic acids is 1. The number of hydrogen-bond acceptors (Lipinski definition) is 9. The van der Waals surface area contributed by atoms with Crippen molar-refractivity contribution in [2.45, 2.75) is 57.0 Å². The lowest BCUT2D eigenvalue weighted by Gasteiger charge is -2.45. The van der Waals surface area contributed by atoms with Crippen molar-refractivity contribution >= 4 is 55.9 Å². The van der Waals surface area contributed by atoms with E-state index in [2.05, 4.69) is 41.2 Å². The summed E-state index contributed by atoms with van der Waals surface area (Å²) < 4.78 is 30.4. The molecule has 2 aliphatic heterocycles. The molecule has 14 heteroatoms. The van der Waals surface area contributed by atoms with Gasteiger partial charge in [-0.05, 0) is 97.7 Å². The fourth-order valence-corrected chi connectivity index (χ4v) is 10.5. The molecule has 2 bridgehead atoms. The molecule has 1 saturated carbocycles. The molecule has 4 aromatic rings. The maximum atomic E-state index is 14.8. The Morgan fingerprint density at radius 2 is 2.04 bits per heavy atom. The minimum atomic E-state index is -3.45. The van der Waals surface area contributed by atoms with Gasteiger partial charge in [0.1, 0.15) is 15.7 Å². The monoisotopic (exact) mass is 730 g/mol. The van der Waals surface area contributed by atoms with Gasteiger partial charge < -0.3 is 20.5 Å². The number of aliphatic hydroxyl groups excluding tert-OH is 1. The molecule has 0 saturated heterocycles. The van der Waals surface area contributed by atoms with Crippen LogP contribution in [0.1, 0.15) is 60.5 Å². The first kappa shape index (κ1) is 33.9. The zero-order chi connectivity index (χ0) is 35.5. The topological polar surface area (TPSA) is 161 Å². The molecule has 4 aliphatic rings. The van der Waals surface area contributed by atoms with Gasteiger partial charge in [0.2, 0.25) is 5.95 Å². The molecule has 8 rings (SSSR count). The van der Waals surface area contributed by atoms with Crippen LogP contribution in [0, 0.1) is 17.8 Å². The molecule has 4 N–H and O–H groups in total. The first-order chi connectivity index (χ1) is 24.5. The van der Waals surface area contributed by atoms with Crippen molar-refractivity contribution in [2.75, 3.05) is 40.8 Å². The van der Waals surface area contributed by atoms with E-state index in [-0.39, 0.29) is 40.7 Å². The molecule has 2 aliphatic carbocycles. The van der Waals surface area contributed by atoms with Gasteiger partial charge in [-0.15, -0.1) is 4.36 Å². The number of benzene rings is 2. The van der Waals surface area contributed by atoms with E-state index in [1.54, 1.807) is 24.0 Å². The third-order valence-electron chi connectivity index (χ3n) is 11.0. The summed E-state index contributed by atoms with van der Waals surface area (Å²) in [5, 5.41) is 16.9. The van der Waals surface area contributed by atoms with E-state index in [0.29, 0.717) is 48.5 Å². The quantitative estimate of drug-likeness (QED) is 0.220. The Labute approximate surface area is 302 Å². The number of rotatable bonds is 2. The zero-order valence-corrected chi connectivity index (χ0v) is 30.4. The highest BCUT2D eigenvalue weighted by atomic mass is 35.5. The van der Waals surface area contributed by atoms with Crippen LogP contribution >= 0.6 is 11.6 Å². The first-order valence-corrected chi connectivity index (χ1v) is 19.7. The van der Waals surface area contributed by atoms with Gasteiger partial charge in [0.25, 0.3) is 5.91 Å². The average molecular weight is 731 g/mol. The predicted octanol–water partition coefficient (Wildman–Crippen LogP) is 5.69. The van der Waals surface area contributed by atoms with E-state index in [1.807, 2.05) is 37.3 Å². The standard InChI is InChI=1S/C37H43ClN8O4S/c1-22-5-3-7-31(47)27-11-8-25(27)17-46-20-37(14-4-6-23-15-26(38)10-12-29(23)37)21-50-32-13-9-24(16-30(32)46)35(48)44-51(49,19-22)43-34-28-18-45(2)42-33(28)40-36(39)41-34/h3,7,9-10,12-13,15-16,18,22,25,27,31,47H,4-6,8,11,14,17,19-21H2,1-2H3,(H3,39,40,41,42,43,44,48,49)/b7-3+/t22-,25-,27+,31-,37-,51+/m0/s1.